The van der Waals surface area contributed by atoms with Crippen LogP contribution in [-0.2, 0) is 13.0 Å². The first kappa shape index (κ1) is 23.4. The first-order valence-corrected chi connectivity index (χ1v) is 12.1. The van der Waals surface area contributed by atoms with Gasteiger partial charge in [0.15, 0.2) is 0 Å². The molecule has 7 heteroatoms. The SMILES string of the molecule is CCCC[C@](C)(CO)Nc1nc(N)nc2cc(Cc3ccc(CN4CCCC4)cc3)ncc12. The van der Waals surface area contributed by atoms with Gasteiger partial charge in [0.05, 0.1) is 23.0 Å². The normalized spacial score (nSPS) is 16.2. The highest BCUT2D eigenvalue weighted by molar-refractivity contribution is 5.89. The third-order valence-electron chi connectivity index (χ3n) is 6.52. The van der Waals surface area contributed by atoms with Crippen LogP contribution < -0.4 is 11.1 Å². The Balaban J connectivity index is 1.51. The molecule has 0 spiro atoms. The molecule has 0 radical (unpaired) electrons. The zero-order chi connectivity index (χ0) is 23.3. The Morgan fingerprint density at radius 1 is 1.12 bits per heavy atom. The number of aliphatic hydroxyl groups is 1. The summed E-state index contributed by atoms with van der Waals surface area (Å²) in [7, 11) is 0. The average Bonchev–Trinajstić information content (AvgIpc) is 3.32. The molecule has 0 saturated carbocycles. The molecule has 0 unspecified atom stereocenters. The monoisotopic (exact) mass is 448 g/mol. The Morgan fingerprint density at radius 2 is 1.85 bits per heavy atom. The summed E-state index contributed by atoms with van der Waals surface area (Å²) in [6, 6.07) is 10.8. The van der Waals surface area contributed by atoms with E-state index in [4.69, 9.17) is 5.73 Å². The van der Waals surface area contributed by atoms with E-state index in [9.17, 15) is 5.11 Å². The molecule has 4 rings (SSSR count). The largest absolute Gasteiger partial charge is 0.394 e. The highest BCUT2D eigenvalue weighted by Crippen LogP contribution is 2.27. The number of hydrogen-bond donors (Lipinski definition) is 3. The van der Waals surface area contributed by atoms with Gasteiger partial charge in [0.2, 0.25) is 5.95 Å². The zero-order valence-corrected chi connectivity index (χ0v) is 19.8. The molecule has 1 aromatic carbocycles. The van der Waals surface area contributed by atoms with E-state index in [0.717, 1.165) is 48.8 Å². The van der Waals surface area contributed by atoms with Gasteiger partial charge in [-0.25, -0.2) is 4.98 Å². The van der Waals surface area contributed by atoms with Crippen molar-refractivity contribution in [3.8, 4) is 0 Å². The number of nitrogen functional groups attached to an aromatic ring is 1. The van der Waals surface area contributed by atoms with Crippen molar-refractivity contribution in [1.29, 1.82) is 0 Å². The summed E-state index contributed by atoms with van der Waals surface area (Å²) in [6.07, 6.45) is 8.09. The summed E-state index contributed by atoms with van der Waals surface area (Å²) in [6.45, 7) is 7.61. The molecular weight excluding hydrogens is 412 g/mol. The quantitative estimate of drug-likeness (QED) is 0.428. The Labute approximate surface area is 196 Å². The van der Waals surface area contributed by atoms with E-state index in [-0.39, 0.29) is 12.6 Å². The second-order valence-corrected chi connectivity index (χ2v) is 9.55. The van der Waals surface area contributed by atoms with Gasteiger partial charge in [0.25, 0.3) is 0 Å². The fraction of sp³-hybridized carbons (Fsp3) is 0.500. The molecule has 1 aliphatic rings. The number of anilines is 2. The number of benzene rings is 1. The average molecular weight is 449 g/mol. The fourth-order valence-corrected chi connectivity index (χ4v) is 4.48. The maximum absolute atomic E-state index is 9.97. The van der Waals surface area contributed by atoms with Crippen molar-refractivity contribution < 1.29 is 5.11 Å². The van der Waals surface area contributed by atoms with Crippen LogP contribution in [-0.4, -0.2) is 50.2 Å². The molecule has 4 N–H and O–H groups in total. The molecular formula is C26H36N6O. The van der Waals surface area contributed by atoms with Gasteiger partial charge in [-0.05, 0) is 56.5 Å². The summed E-state index contributed by atoms with van der Waals surface area (Å²) >= 11 is 0. The summed E-state index contributed by atoms with van der Waals surface area (Å²) < 4.78 is 0. The van der Waals surface area contributed by atoms with Crippen LogP contribution >= 0.6 is 0 Å². The van der Waals surface area contributed by atoms with Gasteiger partial charge in [0.1, 0.15) is 5.82 Å². The zero-order valence-electron chi connectivity index (χ0n) is 19.8. The van der Waals surface area contributed by atoms with Gasteiger partial charge < -0.3 is 16.2 Å². The summed E-state index contributed by atoms with van der Waals surface area (Å²) in [4.78, 5) is 16.1. The van der Waals surface area contributed by atoms with Gasteiger partial charge in [-0.2, -0.15) is 4.98 Å². The minimum absolute atomic E-state index is 0.0116. The van der Waals surface area contributed by atoms with E-state index in [1.165, 1.54) is 37.1 Å². The van der Waals surface area contributed by atoms with Gasteiger partial charge >= 0.3 is 0 Å². The molecule has 0 bridgehead atoms. The highest BCUT2D eigenvalue weighted by atomic mass is 16.3. The number of rotatable bonds is 10. The van der Waals surface area contributed by atoms with Crippen molar-refractivity contribution in [3.05, 3.63) is 53.3 Å². The molecule has 1 saturated heterocycles. The Bertz CT molecular complexity index is 1060. The number of nitrogens with two attached hydrogens (primary N) is 1. The second-order valence-electron chi connectivity index (χ2n) is 9.55. The number of pyridine rings is 1. The molecule has 0 aliphatic carbocycles. The van der Waals surface area contributed by atoms with Gasteiger partial charge in [-0.15, -0.1) is 0 Å². The minimum Gasteiger partial charge on any atom is -0.394 e. The summed E-state index contributed by atoms with van der Waals surface area (Å²) in [5.41, 5.74) is 9.83. The Morgan fingerprint density at radius 3 is 2.55 bits per heavy atom. The van der Waals surface area contributed by atoms with Gasteiger partial charge in [-0.3, -0.25) is 9.88 Å². The smallest absolute Gasteiger partial charge is 0.222 e. The second kappa shape index (κ2) is 10.4. The minimum atomic E-state index is -0.473. The van der Waals surface area contributed by atoms with Gasteiger partial charge in [-0.1, -0.05) is 44.0 Å². The number of unbranched alkanes of at least 4 members (excludes halogenated alkanes) is 1. The number of aromatic nitrogens is 3. The van der Waals surface area contributed by atoms with E-state index in [2.05, 4.69) is 56.4 Å². The lowest BCUT2D eigenvalue weighted by molar-refractivity contribution is 0.212. The molecule has 1 atom stereocenters. The summed E-state index contributed by atoms with van der Waals surface area (Å²) in [5.74, 6) is 0.833. The predicted octanol–water partition coefficient (Wildman–Crippen LogP) is 4.15. The molecule has 176 valence electrons. The molecule has 3 aromatic rings. The van der Waals surface area contributed by atoms with E-state index in [0.29, 0.717) is 5.82 Å². The maximum atomic E-state index is 9.97. The van der Waals surface area contributed by atoms with Crippen LogP contribution in [0.5, 0.6) is 0 Å². The molecule has 0 amide bonds. The van der Waals surface area contributed by atoms with E-state index >= 15 is 0 Å². The molecule has 1 aliphatic heterocycles. The lowest BCUT2D eigenvalue weighted by Gasteiger charge is -2.29. The van der Waals surface area contributed by atoms with Crippen LogP contribution in [0.4, 0.5) is 11.8 Å². The van der Waals surface area contributed by atoms with Crippen molar-refractivity contribution in [2.24, 2.45) is 0 Å². The van der Waals surface area contributed by atoms with Gasteiger partial charge in [0, 0.05) is 24.9 Å². The number of nitrogens with zero attached hydrogens (tertiary/aromatic N) is 4. The number of hydrogen-bond acceptors (Lipinski definition) is 7. The third-order valence-corrected chi connectivity index (χ3v) is 6.52. The van der Waals surface area contributed by atoms with Crippen molar-refractivity contribution in [2.75, 3.05) is 30.7 Å². The van der Waals surface area contributed by atoms with Crippen molar-refractivity contribution in [3.63, 3.8) is 0 Å². The Hall–Kier alpha value is -2.77. The lowest BCUT2D eigenvalue weighted by atomic mass is 9.95. The number of fused-ring (bicyclic) bond motifs is 1. The third kappa shape index (κ3) is 5.97. The van der Waals surface area contributed by atoms with Crippen molar-refractivity contribution >= 4 is 22.7 Å². The van der Waals surface area contributed by atoms with E-state index in [1.807, 2.05) is 19.2 Å². The van der Waals surface area contributed by atoms with Crippen molar-refractivity contribution in [1.82, 2.24) is 19.9 Å². The van der Waals surface area contributed by atoms with Crippen LogP contribution in [0.15, 0.2) is 36.5 Å². The summed E-state index contributed by atoms with van der Waals surface area (Å²) in [5, 5.41) is 14.2. The lowest BCUT2D eigenvalue weighted by Crippen LogP contribution is -2.39. The molecule has 1 fully saturated rings. The fourth-order valence-electron chi connectivity index (χ4n) is 4.48. The van der Waals surface area contributed by atoms with Crippen LogP contribution in [0.25, 0.3) is 10.9 Å². The van der Waals surface area contributed by atoms with Crippen LogP contribution in [0.1, 0.15) is 62.8 Å². The standard InChI is InChI=1S/C26H36N6O/c1-3-4-11-26(2,18-33)31-24-22-16-28-21(15-23(22)29-25(27)30-24)14-19-7-9-20(10-8-19)17-32-12-5-6-13-32/h7-10,15-16,33H,3-6,11-14,17-18H2,1-2H3,(H3,27,29,30,31)/t26-/m1/s1. The molecule has 3 heterocycles. The van der Waals surface area contributed by atoms with Crippen LogP contribution in [0, 0.1) is 0 Å². The van der Waals surface area contributed by atoms with E-state index < -0.39 is 5.54 Å². The molecule has 7 nitrogen and oxygen atoms in total. The molecule has 2 aromatic heterocycles. The number of nitrogens with one attached hydrogen (secondary N) is 1. The number of likely N-dealkylation sites (tertiary alicyclic amines) is 1. The highest BCUT2D eigenvalue weighted by Gasteiger charge is 2.24. The first-order valence-electron chi connectivity index (χ1n) is 12.1. The van der Waals surface area contributed by atoms with E-state index in [1.54, 1.807) is 0 Å². The molecule has 33 heavy (non-hydrogen) atoms. The predicted molar refractivity (Wildman–Crippen MR) is 134 cm³/mol. The maximum Gasteiger partial charge on any atom is 0.222 e. The number of aliphatic hydroxyl groups excluding tert-OH is 1. The van der Waals surface area contributed by atoms with Crippen molar-refractivity contribution in [2.45, 2.75) is 64.5 Å². The topological polar surface area (TPSA) is 100 Å². The Kier molecular flexibility index (Phi) is 7.40. The van der Waals surface area contributed by atoms with Crippen LogP contribution in [0.3, 0.4) is 0 Å². The first-order chi connectivity index (χ1) is 16.0. The van der Waals surface area contributed by atoms with Crippen LogP contribution in [0.2, 0.25) is 0 Å².